The molecule has 0 aromatic carbocycles. The molecule has 0 fully saturated rings. The van der Waals surface area contributed by atoms with Crippen LogP contribution in [0.25, 0.3) is 0 Å². The smallest absolute Gasteiger partial charge is 0.337 e. The number of aromatic carboxylic acids is 1. The van der Waals surface area contributed by atoms with Crippen molar-refractivity contribution < 1.29 is 14.6 Å². The quantitative estimate of drug-likeness (QED) is 0.767. The topological polar surface area (TPSA) is 54.7 Å². The average molecular weight is 254 g/mol. The molecule has 1 aromatic heterocycles. The first-order valence-electron chi connectivity index (χ1n) is 6.26. The summed E-state index contributed by atoms with van der Waals surface area (Å²) >= 11 is 0. The van der Waals surface area contributed by atoms with Crippen LogP contribution in [0.2, 0.25) is 0 Å². The van der Waals surface area contributed by atoms with Gasteiger partial charge in [-0.3, -0.25) is 0 Å². The van der Waals surface area contributed by atoms with E-state index < -0.39 is 5.97 Å². The van der Waals surface area contributed by atoms with Crippen LogP contribution in [0.4, 0.5) is 0 Å². The molecule has 0 bridgehead atoms. The van der Waals surface area contributed by atoms with Crippen LogP contribution in [-0.2, 0) is 17.9 Å². The van der Waals surface area contributed by atoms with E-state index in [0.29, 0.717) is 12.2 Å². The van der Waals surface area contributed by atoms with E-state index in [9.17, 15) is 4.79 Å². The predicted octanol–water partition coefficient (Wildman–Crippen LogP) is 1.67. The molecule has 1 aromatic rings. The Morgan fingerprint density at radius 2 is 2.11 bits per heavy atom. The molecule has 0 spiro atoms. The van der Waals surface area contributed by atoms with E-state index in [4.69, 9.17) is 9.84 Å². The zero-order valence-corrected chi connectivity index (χ0v) is 11.3. The van der Waals surface area contributed by atoms with Gasteiger partial charge in [0.15, 0.2) is 0 Å². The van der Waals surface area contributed by atoms with Gasteiger partial charge in [0, 0.05) is 26.4 Å². The van der Waals surface area contributed by atoms with Crippen molar-refractivity contribution in [1.29, 1.82) is 0 Å². The molecule has 0 atom stereocenters. The first-order valence-corrected chi connectivity index (χ1v) is 6.26. The van der Waals surface area contributed by atoms with Gasteiger partial charge >= 0.3 is 5.97 Å². The highest BCUT2D eigenvalue weighted by atomic mass is 16.5. The van der Waals surface area contributed by atoms with E-state index in [0.717, 1.165) is 31.9 Å². The van der Waals surface area contributed by atoms with E-state index in [1.807, 2.05) is 10.8 Å². The molecule has 0 amide bonds. The van der Waals surface area contributed by atoms with Crippen LogP contribution in [0.3, 0.4) is 0 Å². The van der Waals surface area contributed by atoms with Crippen LogP contribution in [0.15, 0.2) is 12.3 Å². The molecule has 5 heteroatoms. The number of carbonyl (C=O) groups is 1. The Morgan fingerprint density at radius 1 is 1.44 bits per heavy atom. The molecule has 0 unspecified atom stereocenters. The molecule has 0 saturated carbocycles. The number of hydrogen-bond donors (Lipinski definition) is 1. The number of hydrogen-bond acceptors (Lipinski definition) is 3. The molecular weight excluding hydrogens is 232 g/mol. The van der Waals surface area contributed by atoms with E-state index in [-0.39, 0.29) is 0 Å². The van der Waals surface area contributed by atoms with E-state index in [1.165, 1.54) is 0 Å². The fourth-order valence-electron chi connectivity index (χ4n) is 2.00. The molecule has 18 heavy (non-hydrogen) atoms. The highest BCUT2D eigenvalue weighted by Crippen LogP contribution is 2.13. The molecule has 1 rings (SSSR count). The van der Waals surface area contributed by atoms with E-state index in [2.05, 4.69) is 18.7 Å². The third-order valence-corrected chi connectivity index (χ3v) is 3.14. The maximum absolute atomic E-state index is 11.1. The summed E-state index contributed by atoms with van der Waals surface area (Å²) in [6.45, 7) is 8.28. The zero-order chi connectivity index (χ0) is 13.5. The summed E-state index contributed by atoms with van der Waals surface area (Å²) in [5.41, 5.74) is 1.06. The van der Waals surface area contributed by atoms with Crippen molar-refractivity contribution in [2.75, 3.05) is 26.7 Å². The second kappa shape index (κ2) is 7.18. The summed E-state index contributed by atoms with van der Waals surface area (Å²) < 4.78 is 7.04. The van der Waals surface area contributed by atoms with E-state index >= 15 is 0 Å². The largest absolute Gasteiger partial charge is 0.478 e. The zero-order valence-electron chi connectivity index (χ0n) is 11.3. The van der Waals surface area contributed by atoms with Crippen molar-refractivity contribution in [2.45, 2.75) is 27.0 Å². The van der Waals surface area contributed by atoms with Crippen LogP contribution < -0.4 is 0 Å². The van der Waals surface area contributed by atoms with Gasteiger partial charge in [0.1, 0.15) is 0 Å². The van der Waals surface area contributed by atoms with Gasteiger partial charge in [0.2, 0.25) is 0 Å². The summed E-state index contributed by atoms with van der Waals surface area (Å²) in [5, 5.41) is 9.10. The molecular formula is C13H22N2O3. The Bertz CT molecular complexity index is 384. The van der Waals surface area contributed by atoms with Crippen molar-refractivity contribution >= 4 is 5.97 Å². The van der Waals surface area contributed by atoms with Gasteiger partial charge in [-0.2, -0.15) is 0 Å². The van der Waals surface area contributed by atoms with Crippen molar-refractivity contribution in [3.63, 3.8) is 0 Å². The molecule has 1 N–H and O–H groups in total. The molecule has 0 radical (unpaired) electrons. The number of nitrogens with zero attached hydrogens (tertiary/aromatic N) is 2. The highest BCUT2D eigenvalue weighted by molar-refractivity contribution is 5.89. The van der Waals surface area contributed by atoms with Gasteiger partial charge in [0.05, 0.1) is 17.9 Å². The Hall–Kier alpha value is -1.33. The van der Waals surface area contributed by atoms with Crippen LogP contribution in [-0.4, -0.2) is 47.3 Å². The second-order valence-electron chi connectivity index (χ2n) is 4.13. The lowest BCUT2D eigenvalue weighted by Crippen LogP contribution is -2.27. The van der Waals surface area contributed by atoms with Crippen LogP contribution in [0.1, 0.15) is 29.9 Å². The lowest BCUT2D eigenvalue weighted by Gasteiger charge is -2.19. The highest BCUT2D eigenvalue weighted by Gasteiger charge is 2.15. The Balaban J connectivity index is 2.78. The summed E-state index contributed by atoms with van der Waals surface area (Å²) in [7, 11) is 1.58. The fourth-order valence-corrected chi connectivity index (χ4v) is 2.00. The van der Waals surface area contributed by atoms with Gasteiger partial charge in [-0.1, -0.05) is 13.8 Å². The monoisotopic (exact) mass is 254 g/mol. The minimum Gasteiger partial charge on any atom is -0.478 e. The summed E-state index contributed by atoms with van der Waals surface area (Å²) in [4.78, 5) is 13.4. The Morgan fingerprint density at radius 3 is 2.61 bits per heavy atom. The lowest BCUT2D eigenvalue weighted by atomic mass is 10.2. The SMILES string of the molecule is CCN(CC)CCn1ccc(C(=O)O)c1COC. The third kappa shape index (κ3) is 3.58. The normalized spacial score (nSPS) is 11.1. The third-order valence-electron chi connectivity index (χ3n) is 3.14. The van der Waals surface area contributed by atoms with Gasteiger partial charge in [0.25, 0.3) is 0 Å². The van der Waals surface area contributed by atoms with Crippen molar-refractivity contribution in [3.8, 4) is 0 Å². The number of methoxy groups -OCH3 is 1. The molecule has 102 valence electrons. The predicted molar refractivity (Wildman–Crippen MR) is 69.9 cm³/mol. The lowest BCUT2D eigenvalue weighted by molar-refractivity contribution is 0.0691. The fraction of sp³-hybridized carbons (Fsp3) is 0.615. The van der Waals surface area contributed by atoms with Crippen LogP contribution in [0, 0.1) is 0 Å². The Labute approximate surface area is 108 Å². The summed E-state index contributed by atoms with van der Waals surface area (Å²) in [5.74, 6) is -0.899. The summed E-state index contributed by atoms with van der Waals surface area (Å²) in [6, 6.07) is 1.64. The molecule has 0 aliphatic rings. The van der Waals surface area contributed by atoms with Crippen LogP contribution in [0.5, 0.6) is 0 Å². The van der Waals surface area contributed by atoms with Crippen LogP contribution >= 0.6 is 0 Å². The van der Waals surface area contributed by atoms with Crippen molar-refractivity contribution in [1.82, 2.24) is 9.47 Å². The number of ether oxygens (including phenoxy) is 1. The number of carboxylic acid groups (broad SMARTS) is 1. The maximum Gasteiger partial charge on any atom is 0.337 e. The number of carboxylic acids is 1. The first-order chi connectivity index (χ1) is 8.63. The van der Waals surface area contributed by atoms with E-state index in [1.54, 1.807) is 13.2 Å². The van der Waals surface area contributed by atoms with Crippen molar-refractivity contribution in [2.24, 2.45) is 0 Å². The van der Waals surface area contributed by atoms with Gasteiger partial charge in [-0.25, -0.2) is 4.79 Å². The number of aromatic nitrogens is 1. The number of likely N-dealkylation sites (N-methyl/N-ethyl adjacent to an activating group) is 1. The van der Waals surface area contributed by atoms with Gasteiger partial charge < -0.3 is 19.3 Å². The van der Waals surface area contributed by atoms with Gasteiger partial charge in [-0.05, 0) is 19.2 Å². The molecule has 0 saturated heterocycles. The Kier molecular flexibility index (Phi) is 5.88. The minimum atomic E-state index is -0.899. The number of rotatable bonds is 8. The first kappa shape index (κ1) is 14.7. The molecule has 5 nitrogen and oxygen atoms in total. The second-order valence-corrected chi connectivity index (χ2v) is 4.13. The van der Waals surface area contributed by atoms with Crippen molar-refractivity contribution in [3.05, 3.63) is 23.5 Å². The summed E-state index contributed by atoms with van der Waals surface area (Å²) in [6.07, 6.45) is 1.82. The molecule has 1 heterocycles. The molecule has 0 aliphatic heterocycles. The standard InChI is InChI=1S/C13H22N2O3/c1-4-14(5-2)8-9-15-7-6-11(13(16)17)12(15)10-18-3/h6-7H,4-5,8-10H2,1-3H3,(H,16,17). The maximum atomic E-state index is 11.1. The average Bonchev–Trinajstić information content (AvgIpc) is 2.74. The molecule has 0 aliphatic carbocycles. The van der Waals surface area contributed by atoms with Gasteiger partial charge in [-0.15, -0.1) is 0 Å². The minimum absolute atomic E-state index is 0.326.